The SMILES string of the molecule is O=C(C[NH+]1CCC(Cc2ccccc2)CC1)N[C@H]1CS(=O)(=O)C[C@H]1Cl. The van der Waals surface area contributed by atoms with Crippen molar-refractivity contribution in [2.75, 3.05) is 31.1 Å². The van der Waals surface area contributed by atoms with Gasteiger partial charge in [-0.3, -0.25) is 4.79 Å². The summed E-state index contributed by atoms with van der Waals surface area (Å²) in [5.74, 6) is 0.504. The quantitative estimate of drug-likeness (QED) is 0.703. The van der Waals surface area contributed by atoms with Crippen molar-refractivity contribution in [3.8, 4) is 0 Å². The summed E-state index contributed by atoms with van der Waals surface area (Å²) >= 11 is 6.05. The van der Waals surface area contributed by atoms with Crippen LogP contribution in [0.5, 0.6) is 0 Å². The molecule has 25 heavy (non-hydrogen) atoms. The molecule has 7 heteroatoms. The molecule has 1 amide bonds. The molecule has 2 atom stereocenters. The van der Waals surface area contributed by atoms with E-state index in [-0.39, 0.29) is 17.4 Å². The zero-order chi connectivity index (χ0) is 17.9. The van der Waals surface area contributed by atoms with Crippen molar-refractivity contribution < 1.29 is 18.1 Å². The number of rotatable bonds is 5. The maximum atomic E-state index is 12.2. The number of quaternary nitrogens is 1. The van der Waals surface area contributed by atoms with Gasteiger partial charge in [-0.2, -0.15) is 0 Å². The smallest absolute Gasteiger partial charge is 0.275 e. The third kappa shape index (κ3) is 5.43. The minimum absolute atomic E-state index is 0.0403. The molecule has 2 aliphatic heterocycles. The van der Waals surface area contributed by atoms with Crippen LogP contribution in [-0.4, -0.2) is 56.9 Å². The summed E-state index contributed by atoms with van der Waals surface area (Å²) in [7, 11) is -3.11. The molecular formula is C18H26ClN2O3S+. The Labute approximate surface area is 154 Å². The highest BCUT2D eigenvalue weighted by Gasteiger charge is 2.37. The molecule has 3 rings (SSSR count). The Kier molecular flexibility index (Phi) is 6.02. The fraction of sp³-hybridized carbons (Fsp3) is 0.611. The van der Waals surface area contributed by atoms with Gasteiger partial charge in [0.25, 0.3) is 5.91 Å². The normalized spacial score (nSPS) is 31.6. The van der Waals surface area contributed by atoms with E-state index in [0.29, 0.717) is 12.5 Å². The first kappa shape index (κ1) is 18.7. The molecule has 138 valence electrons. The maximum Gasteiger partial charge on any atom is 0.275 e. The van der Waals surface area contributed by atoms with Crippen molar-refractivity contribution >= 4 is 27.3 Å². The second kappa shape index (κ2) is 8.06. The third-order valence-corrected chi connectivity index (χ3v) is 7.60. The summed E-state index contributed by atoms with van der Waals surface area (Å²) in [6.07, 6.45) is 3.34. The van der Waals surface area contributed by atoms with Gasteiger partial charge < -0.3 is 10.2 Å². The Bertz CT molecular complexity index is 688. The van der Waals surface area contributed by atoms with Crippen LogP contribution in [0.4, 0.5) is 0 Å². The molecule has 1 aromatic rings. The van der Waals surface area contributed by atoms with Gasteiger partial charge in [-0.25, -0.2) is 8.42 Å². The first-order chi connectivity index (χ1) is 11.9. The number of amides is 1. The van der Waals surface area contributed by atoms with Gasteiger partial charge in [0.05, 0.1) is 36.0 Å². The van der Waals surface area contributed by atoms with Crippen LogP contribution in [0.1, 0.15) is 18.4 Å². The molecule has 0 saturated carbocycles. The van der Waals surface area contributed by atoms with Gasteiger partial charge in [0.15, 0.2) is 16.4 Å². The Balaban J connectivity index is 1.41. The van der Waals surface area contributed by atoms with Crippen LogP contribution in [0, 0.1) is 5.92 Å². The van der Waals surface area contributed by atoms with Gasteiger partial charge in [0.1, 0.15) is 0 Å². The highest BCUT2D eigenvalue weighted by Crippen LogP contribution is 2.18. The molecule has 0 aromatic heterocycles. The van der Waals surface area contributed by atoms with Crippen LogP contribution >= 0.6 is 11.6 Å². The van der Waals surface area contributed by atoms with Gasteiger partial charge in [0, 0.05) is 0 Å². The lowest BCUT2D eigenvalue weighted by molar-refractivity contribution is -0.898. The van der Waals surface area contributed by atoms with Gasteiger partial charge in [-0.15, -0.1) is 11.6 Å². The molecule has 2 aliphatic rings. The maximum absolute atomic E-state index is 12.2. The van der Waals surface area contributed by atoms with E-state index in [1.54, 1.807) is 0 Å². The number of nitrogens with one attached hydrogen (secondary N) is 2. The van der Waals surface area contributed by atoms with E-state index in [4.69, 9.17) is 11.6 Å². The number of alkyl halides is 1. The van der Waals surface area contributed by atoms with Crippen LogP contribution in [-0.2, 0) is 21.1 Å². The van der Waals surface area contributed by atoms with E-state index in [1.807, 2.05) is 6.07 Å². The molecule has 0 aliphatic carbocycles. The van der Waals surface area contributed by atoms with Gasteiger partial charge in [-0.05, 0) is 30.7 Å². The number of halogens is 1. The van der Waals surface area contributed by atoms with Crippen molar-refractivity contribution in [1.29, 1.82) is 0 Å². The summed E-state index contributed by atoms with van der Waals surface area (Å²) in [6.45, 7) is 2.37. The molecule has 0 unspecified atom stereocenters. The minimum Gasteiger partial charge on any atom is -0.346 e. The summed E-state index contributed by atoms with van der Waals surface area (Å²) in [5, 5.41) is 2.30. The monoisotopic (exact) mass is 385 g/mol. The zero-order valence-electron chi connectivity index (χ0n) is 14.3. The standard InChI is InChI=1S/C18H25ClN2O3S/c19-16-12-25(23,24)13-17(16)20-18(22)11-21-8-6-15(7-9-21)10-14-4-2-1-3-5-14/h1-5,15-17H,6-13H2,(H,20,22)/p+1/t16-,17+/m1/s1. The summed E-state index contributed by atoms with van der Waals surface area (Å²) in [6, 6.07) is 10.1. The zero-order valence-corrected chi connectivity index (χ0v) is 15.9. The lowest BCUT2D eigenvalue weighted by Crippen LogP contribution is -3.14. The van der Waals surface area contributed by atoms with Crippen molar-refractivity contribution in [3.05, 3.63) is 35.9 Å². The van der Waals surface area contributed by atoms with Gasteiger partial charge in [-0.1, -0.05) is 30.3 Å². The number of hydrogen-bond acceptors (Lipinski definition) is 3. The van der Waals surface area contributed by atoms with E-state index in [1.165, 1.54) is 10.5 Å². The van der Waals surface area contributed by atoms with E-state index in [2.05, 4.69) is 29.6 Å². The number of likely N-dealkylation sites (tertiary alicyclic amines) is 1. The van der Waals surface area contributed by atoms with Crippen molar-refractivity contribution in [2.24, 2.45) is 5.92 Å². The van der Waals surface area contributed by atoms with Gasteiger partial charge in [0.2, 0.25) is 0 Å². The Morgan fingerprint density at radius 3 is 2.44 bits per heavy atom. The Morgan fingerprint density at radius 1 is 1.16 bits per heavy atom. The van der Waals surface area contributed by atoms with E-state index in [9.17, 15) is 13.2 Å². The van der Waals surface area contributed by atoms with Gasteiger partial charge >= 0.3 is 0 Å². The molecule has 2 saturated heterocycles. The van der Waals surface area contributed by atoms with Crippen LogP contribution in [0.25, 0.3) is 0 Å². The Hall–Kier alpha value is -1.11. The average molecular weight is 386 g/mol. The van der Waals surface area contributed by atoms with E-state index < -0.39 is 21.3 Å². The minimum atomic E-state index is -3.11. The lowest BCUT2D eigenvalue weighted by atomic mass is 9.90. The molecule has 1 aromatic carbocycles. The number of carbonyl (C=O) groups is 1. The first-order valence-corrected chi connectivity index (χ1v) is 11.2. The molecule has 2 N–H and O–H groups in total. The molecule has 2 heterocycles. The van der Waals surface area contributed by atoms with Crippen molar-refractivity contribution in [1.82, 2.24) is 5.32 Å². The predicted molar refractivity (Wildman–Crippen MR) is 98.7 cm³/mol. The molecular weight excluding hydrogens is 360 g/mol. The summed E-state index contributed by atoms with van der Waals surface area (Å²) < 4.78 is 23.1. The highest BCUT2D eigenvalue weighted by molar-refractivity contribution is 7.91. The summed E-state index contributed by atoms with van der Waals surface area (Å²) in [4.78, 5) is 13.5. The first-order valence-electron chi connectivity index (χ1n) is 8.92. The topological polar surface area (TPSA) is 67.7 Å². The fourth-order valence-corrected chi connectivity index (χ4v) is 6.39. The van der Waals surface area contributed by atoms with Crippen LogP contribution in [0.2, 0.25) is 0 Å². The van der Waals surface area contributed by atoms with Crippen molar-refractivity contribution in [2.45, 2.75) is 30.7 Å². The number of hydrogen-bond donors (Lipinski definition) is 2. The average Bonchev–Trinajstić information content (AvgIpc) is 2.82. The third-order valence-electron chi connectivity index (χ3n) is 5.22. The predicted octanol–water partition coefficient (Wildman–Crippen LogP) is 0.0446. The van der Waals surface area contributed by atoms with E-state index in [0.717, 1.165) is 32.4 Å². The number of benzene rings is 1. The molecule has 5 nitrogen and oxygen atoms in total. The molecule has 0 radical (unpaired) electrons. The van der Waals surface area contributed by atoms with Crippen LogP contribution in [0.3, 0.4) is 0 Å². The highest BCUT2D eigenvalue weighted by atomic mass is 35.5. The molecule has 0 bridgehead atoms. The van der Waals surface area contributed by atoms with Crippen LogP contribution in [0.15, 0.2) is 30.3 Å². The van der Waals surface area contributed by atoms with Crippen molar-refractivity contribution in [3.63, 3.8) is 0 Å². The number of carbonyl (C=O) groups excluding carboxylic acids is 1. The van der Waals surface area contributed by atoms with Crippen LogP contribution < -0.4 is 10.2 Å². The number of piperidine rings is 1. The molecule has 0 spiro atoms. The lowest BCUT2D eigenvalue weighted by Gasteiger charge is -2.29. The fourth-order valence-electron chi connectivity index (χ4n) is 3.84. The molecule has 2 fully saturated rings. The van der Waals surface area contributed by atoms with E-state index >= 15 is 0 Å². The summed E-state index contributed by atoms with van der Waals surface area (Å²) in [5.41, 5.74) is 1.38. The number of sulfone groups is 1. The second-order valence-corrected chi connectivity index (χ2v) is 10.0. The second-order valence-electron chi connectivity index (χ2n) is 7.33. The largest absolute Gasteiger partial charge is 0.346 e. The Morgan fingerprint density at radius 2 is 1.84 bits per heavy atom.